The summed E-state index contributed by atoms with van der Waals surface area (Å²) in [6.45, 7) is 8.38. The minimum Gasteiger partial charge on any atom is -0.371 e. The van der Waals surface area contributed by atoms with Crippen LogP contribution in [0.5, 0.6) is 0 Å². The molecule has 1 aromatic heterocycles. The Labute approximate surface area is 124 Å². The van der Waals surface area contributed by atoms with Crippen LogP contribution in [-0.4, -0.2) is 75.0 Å². The van der Waals surface area contributed by atoms with E-state index in [2.05, 4.69) is 28.8 Å². The zero-order chi connectivity index (χ0) is 14.9. The fraction of sp³-hybridized carbons (Fsp3) is 0.786. The number of ether oxygens (including phenoxy) is 1. The van der Waals surface area contributed by atoms with Crippen molar-refractivity contribution in [3.63, 3.8) is 0 Å². The number of nitrogens with zero attached hydrogens (tertiary/aromatic N) is 5. The first-order valence-corrected chi connectivity index (χ1v) is 7.62. The molecule has 21 heavy (non-hydrogen) atoms. The summed E-state index contributed by atoms with van der Waals surface area (Å²) in [6, 6.07) is 0.459. The first kappa shape index (κ1) is 14.5. The summed E-state index contributed by atoms with van der Waals surface area (Å²) in [5.74, 6) is 0. The molecule has 3 rings (SSSR count). The first-order valence-electron chi connectivity index (χ1n) is 7.62. The highest BCUT2D eigenvalue weighted by Crippen LogP contribution is 2.31. The van der Waals surface area contributed by atoms with Crippen LogP contribution in [0.4, 0.5) is 4.79 Å². The van der Waals surface area contributed by atoms with Crippen LogP contribution in [0.3, 0.4) is 0 Å². The second kappa shape index (κ2) is 5.73. The number of rotatable bonds is 1. The molecule has 7 nitrogen and oxygen atoms in total. The van der Waals surface area contributed by atoms with Gasteiger partial charge in [0, 0.05) is 25.7 Å². The lowest BCUT2D eigenvalue weighted by Gasteiger charge is -2.47. The van der Waals surface area contributed by atoms with Gasteiger partial charge in [-0.05, 0) is 26.7 Å². The molecule has 7 heteroatoms. The van der Waals surface area contributed by atoms with Gasteiger partial charge in [0.2, 0.25) is 0 Å². The Morgan fingerprint density at radius 1 is 1.29 bits per heavy atom. The van der Waals surface area contributed by atoms with E-state index >= 15 is 0 Å². The van der Waals surface area contributed by atoms with E-state index in [0.29, 0.717) is 25.7 Å². The maximum absolute atomic E-state index is 12.4. The molecule has 0 unspecified atom stereocenters. The molecule has 0 aromatic carbocycles. The topological polar surface area (TPSA) is 63.5 Å². The second-order valence-corrected chi connectivity index (χ2v) is 6.21. The Kier molecular flexibility index (Phi) is 3.95. The van der Waals surface area contributed by atoms with Gasteiger partial charge in [0.05, 0.1) is 18.8 Å². The number of carbonyl (C=O) groups is 1. The van der Waals surface area contributed by atoms with Crippen molar-refractivity contribution in [3.8, 4) is 0 Å². The zero-order valence-electron chi connectivity index (χ0n) is 12.7. The molecule has 0 radical (unpaired) electrons. The van der Waals surface area contributed by atoms with Crippen molar-refractivity contribution in [3.05, 3.63) is 12.7 Å². The Balaban J connectivity index is 1.65. The van der Waals surface area contributed by atoms with Crippen molar-refractivity contribution in [2.24, 2.45) is 0 Å². The van der Waals surface area contributed by atoms with Crippen LogP contribution in [0.2, 0.25) is 0 Å². The smallest absolute Gasteiger partial charge is 0.346 e. The fourth-order valence-electron chi connectivity index (χ4n) is 3.21. The lowest BCUT2D eigenvalue weighted by molar-refractivity contribution is -0.128. The first-order chi connectivity index (χ1) is 10.1. The molecule has 1 amide bonds. The molecule has 2 fully saturated rings. The van der Waals surface area contributed by atoms with Gasteiger partial charge >= 0.3 is 6.03 Å². The Morgan fingerprint density at radius 3 is 2.67 bits per heavy atom. The molecule has 116 valence electrons. The van der Waals surface area contributed by atoms with E-state index in [0.717, 1.165) is 25.9 Å². The van der Waals surface area contributed by atoms with Crippen molar-refractivity contribution in [1.82, 2.24) is 24.6 Å². The van der Waals surface area contributed by atoms with Crippen LogP contribution >= 0.6 is 0 Å². The van der Waals surface area contributed by atoms with Gasteiger partial charge in [-0.25, -0.2) is 9.78 Å². The third-order valence-electron chi connectivity index (χ3n) is 4.57. The van der Waals surface area contributed by atoms with Crippen LogP contribution < -0.4 is 0 Å². The number of carbonyl (C=O) groups excluding carboxylic acids is 1. The minimum atomic E-state index is -0.181. The molecule has 3 heterocycles. The summed E-state index contributed by atoms with van der Waals surface area (Å²) in [7, 11) is 0. The second-order valence-electron chi connectivity index (χ2n) is 6.21. The average Bonchev–Trinajstić information content (AvgIpc) is 3.01. The van der Waals surface area contributed by atoms with E-state index in [-0.39, 0.29) is 11.6 Å². The van der Waals surface area contributed by atoms with Gasteiger partial charge in [-0.1, -0.05) is 0 Å². The van der Waals surface area contributed by atoms with Crippen molar-refractivity contribution in [2.45, 2.75) is 38.3 Å². The highest BCUT2D eigenvalue weighted by molar-refractivity contribution is 5.75. The molecule has 0 N–H and O–H groups in total. The van der Waals surface area contributed by atoms with Gasteiger partial charge in [-0.15, -0.1) is 0 Å². The van der Waals surface area contributed by atoms with Gasteiger partial charge in [0.15, 0.2) is 0 Å². The summed E-state index contributed by atoms with van der Waals surface area (Å²) in [4.78, 5) is 20.5. The molecular formula is C14H23N5O2. The van der Waals surface area contributed by atoms with Gasteiger partial charge in [-0.3, -0.25) is 0 Å². The quantitative estimate of drug-likeness (QED) is 0.767. The summed E-state index contributed by atoms with van der Waals surface area (Å²) >= 11 is 0. The highest BCUT2D eigenvalue weighted by Gasteiger charge is 2.41. The van der Waals surface area contributed by atoms with Crippen molar-refractivity contribution >= 4 is 6.03 Å². The van der Waals surface area contributed by atoms with E-state index in [1.807, 2.05) is 4.90 Å². The minimum absolute atomic E-state index is 0.110. The number of amides is 1. The molecule has 0 aliphatic carbocycles. The third kappa shape index (κ3) is 2.94. The van der Waals surface area contributed by atoms with Crippen molar-refractivity contribution in [2.75, 3.05) is 32.8 Å². The average molecular weight is 293 g/mol. The Morgan fingerprint density at radius 2 is 2.05 bits per heavy atom. The number of hydrogen-bond acceptors (Lipinski definition) is 5. The molecule has 0 saturated carbocycles. The molecule has 2 aliphatic heterocycles. The third-order valence-corrected chi connectivity index (χ3v) is 4.57. The lowest BCUT2D eigenvalue weighted by atomic mass is 9.89. The maximum Gasteiger partial charge on any atom is 0.346 e. The number of hydrogen-bond donors (Lipinski definition) is 0. The molecular weight excluding hydrogens is 270 g/mol. The Bertz CT molecular complexity index is 480. The number of aromatic nitrogens is 3. The van der Waals surface area contributed by atoms with E-state index in [4.69, 9.17) is 4.74 Å². The molecule has 2 aliphatic rings. The van der Waals surface area contributed by atoms with Crippen LogP contribution in [0.25, 0.3) is 0 Å². The number of likely N-dealkylation sites (tertiary alicyclic amines) is 1. The van der Waals surface area contributed by atoms with Gasteiger partial charge in [0.1, 0.15) is 12.7 Å². The molecule has 0 atom stereocenters. The highest BCUT2D eigenvalue weighted by atomic mass is 16.5. The van der Waals surface area contributed by atoms with E-state index < -0.39 is 0 Å². The van der Waals surface area contributed by atoms with Gasteiger partial charge < -0.3 is 14.5 Å². The van der Waals surface area contributed by atoms with Gasteiger partial charge in [-0.2, -0.15) is 9.78 Å². The fourth-order valence-corrected chi connectivity index (χ4v) is 3.21. The number of piperidine rings is 1. The Hall–Kier alpha value is -1.47. The van der Waals surface area contributed by atoms with E-state index in [9.17, 15) is 4.79 Å². The van der Waals surface area contributed by atoms with Crippen LogP contribution in [-0.2, 0) is 4.74 Å². The molecule has 2 saturated heterocycles. The maximum atomic E-state index is 12.4. The standard InChI is InChI=1S/C14H23N5O2/c1-12(2)17-5-3-14(4-6-17)9-18(7-8-21-14)13(20)19-11-15-10-16-19/h10-12H,3-9H2,1-2H3. The van der Waals surface area contributed by atoms with Crippen molar-refractivity contribution < 1.29 is 9.53 Å². The summed E-state index contributed by atoms with van der Waals surface area (Å²) in [5, 5.41) is 3.93. The van der Waals surface area contributed by atoms with Crippen LogP contribution in [0.1, 0.15) is 26.7 Å². The van der Waals surface area contributed by atoms with Gasteiger partial charge in [0.25, 0.3) is 0 Å². The summed E-state index contributed by atoms with van der Waals surface area (Å²) in [6.07, 6.45) is 4.79. The predicted molar refractivity (Wildman–Crippen MR) is 77.0 cm³/mol. The van der Waals surface area contributed by atoms with E-state index in [1.54, 1.807) is 0 Å². The molecule has 1 spiro atoms. The zero-order valence-corrected chi connectivity index (χ0v) is 12.7. The van der Waals surface area contributed by atoms with Crippen LogP contribution in [0, 0.1) is 0 Å². The van der Waals surface area contributed by atoms with E-state index in [1.165, 1.54) is 17.3 Å². The van der Waals surface area contributed by atoms with Crippen molar-refractivity contribution in [1.29, 1.82) is 0 Å². The monoisotopic (exact) mass is 293 g/mol. The SMILES string of the molecule is CC(C)N1CCC2(CC1)CN(C(=O)n1cncn1)CCO2. The van der Waals surface area contributed by atoms with Crippen LogP contribution in [0.15, 0.2) is 12.7 Å². The number of morpholine rings is 1. The molecule has 0 bridgehead atoms. The molecule has 1 aromatic rings. The summed E-state index contributed by atoms with van der Waals surface area (Å²) in [5.41, 5.74) is -0.181. The summed E-state index contributed by atoms with van der Waals surface area (Å²) < 4.78 is 7.36. The predicted octanol–water partition coefficient (Wildman–Crippen LogP) is 0.821. The normalized spacial score (nSPS) is 22.9. The largest absolute Gasteiger partial charge is 0.371 e. The lowest BCUT2D eigenvalue weighted by Crippen LogP contribution is -2.59.